The summed E-state index contributed by atoms with van der Waals surface area (Å²) in [4.78, 5) is 12.7. The van der Waals surface area contributed by atoms with Gasteiger partial charge in [-0.25, -0.2) is 0 Å². The van der Waals surface area contributed by atoms with Crippen molar-refractivity contribution in [3.8, 4) is 45.8 Å². The maximum absolute atomic E-state index is 12.7. The third-order valence-electron chi connectivity index (χ3n) is 4.30. The van der Waals surface area contributed by atoms with E-state index in [-0.39, 0.29) is 34.0 Å². The van der Waals surface area contributed by atoms with E-state index >= 15 is 0 Å². The molecule has 1 heterocycles. The van der Waals surface area contributed by atoms with Crippen molar-refractivity contribution in [3.63, 3.8) is 0 Å². The highest BCUT2D eigenvalue weighted by atomic mass is 16.5. The third-order valence-corrected chi connectivity index (χ3v) is 4.30. The average Bonchev–Trinajstić information content (AvgIpc) is 2.71. The molecule has 0 saturated carbocycles. The average molecular weight is 388 g/mol. The Morgan fingerprint density at radius 1 is 0.786 bits per heavy atom. The lowest BCUT2D eigenvalue weighted by atomic mass is 10.1. The molecule has 0 spiro atoms. The first kappa shape index (κ1) is 19.2. The summed E-state index contributed by atoms with van der Waals surface area (Å²) in [6.45, 7) is 0. The summed E-state index contributed by atoms with van der Waals surface area (Å²) in [6, 6.07) is 5.91. The maximum Gasteiger partial charge on any atom is 0.205 e. The summed E-state index contributed by atoms with van der Waals surface area (Å²) in [5.41, 5.74) is 0.0636. The van der Waals surface area contributed by atoms with Crippen LogP contribution in [0.25, 0.3) is 22.3 Å². The highest BCUT2D eigenvalue weighted by Crippen LogP contribution is 2.46. The normalized spacial score (nSPS) is 10.6. The Hall–Kier alpha value is -3.55. The zero-order chi connectivity index (χ0) is 20.4. The predicted molar refractivity (Wildman–Crippen MR) is 102 cm³/mol. The smallest absolute Gasteiger partial charge is 0.205 e. The predicted octanol–water partition coefficient (Wildman–Crippen LogP) is 3.21. The molecular formula is C20H20O8. The molecule has 1 N–H and O–H groups in total. The van der Waals surface area contributed by atoms with Crippen molar-refractivity contribution < 1.29 is 33.2 Å². The molecule has 3 rings (SSSR count). The van der Waals surface area contributed by atoms with Crippen LogP contribution in [0.2, 0.25) is 0 Å². The number of hydrogen-bond donors (Lipinski definition) is 1. The highest BCUT2D eigenvalue weighted by Gasteiger charge is 2.23. The molecule has 0 aliphatic carbocycles. The van der Waals surface area contributed by atoms with Crippen molar-refractivity contribution in [1.29, 1.82) is 0 Å². The van der Waals surface area contributed by atoms with E-state index < -0.39 is 5.43 Å². The Bertz CT molecular complexity index is 1080. The molecule has 28 heavy (non-hydrogen) atoms. The summed E-state index contributed by atoms with van der Waals surface area (Å²) in [6.07, 6.45) is 0. The van der Waals surface area contributed by atoms with Crippen LogP contribution in [0, 0.1) is 0 Å². The zero-order valence-electron chi connectivity index (χ0n) is 16.1. The molecule has 8 nitrogen and oxygen atoms in total. The first-order valence-corrected chi connectivity index (χ1v) is 8.21. The summed E-state index contributed by atoms with van der Waals surface area (Å²) < 4.78 is 32.6. The molecule has 0 aliphatic rings. The SMILES string of the molecule is COc1ccc(-c2cc(=O)c3c(O)cc(OC)c(OC)c3o2)c(OC)c1OC. The number of ether oxygens (including phenoxy) is 5. The Morgan fingerprint density at radius 2 is 1.43 bits per heavy atom. The highest BCUT2D eigenvalue weighted by molar-refractivity contribution is 5.92. The second-order valence-corrected chi connectivity index (χ2v) is 5.69. The quantitative estimate of drug-likeness (QED) is 0.688. The first-order valence-electron chi connectivity index (χ1n) is 8.21. The van der Waals surface area contributed by atoms with Crippen LogP contribution in [-0.4, -0.2) is 40.7 Å². The van der Waals surface area contributed by atoms with Gasteiger partial charge in [-0.2, -0.15) is 0 Å². The van der Waals surface area contributed by atoms with Crippen LogP contribution < -0.4 is 29.1 Å². The molecular weight excluding hydrogens is 368 g/mol. The number of hydrogen-bond acceptors (Lipinski definition) is 8. The molecule has 0 fully saturated rings. The lowest BCUT2D eigenvalue weighted by Gasteiger charge is -2.16. The van der Waals surface area contributed by atoms with Crippen molar-refractivity contribution in [3.05, 3.63) is 34.5 Å². The van der Waals surface area contributed by atoms with Gasteiger partial charge in [0.15, 0.2) is 28.3 Å². The van der Waals surface area contributed by atoms with Crippen molar-refractivity contribution in [1.82, 2.24) is 0 Å². The van der Waals surface area contributed by atoms with Gasteiger partial charge in [0.25, 0.3) is 0 Å². The maximum atomic E-state index is 12.7. The zero-order valence-corrected chi connectivity index (χ0v) is 16.1. The summed E-state index contributed by atoms with van der Waals surface area (Å²) >= 11 is 0. The third kappa shape index (κ3) is 2.92. The fourth-order valence-electron chi connectivity index (χ4n) is 3.04. The van der Waals surface area contributed by atoms with E-state index in [4.69, 9.17) is 28.1 Å². The van der Waals surface area contributed by atoms with Crippen LogP contribution in [0.5, 0.6) is 34.5 Å². The molecule has 0 saturated heterocycles. The molecule has 2 aromatic carbocycles. The molecule has 0 bridgehead atoms. The standard InChI is InChI=1S/C20H20O8/c1-23-13-7-6-10(17(25-3)18(13)26-4)14-8-11(21)16-12(22)9-15(24-2)19(27-5)20(16)28-14/h6-9,22H,1-5H3. The van der Waals surface area contributed by atoms with Gasteiger partial charge in [-0.05, 0) is 12.1 Å². The van der Waals surface area contributed by atoms with Crippen molar-refractivity contribution in [2.75, 3.05) is 35.5 Å². The van der Waals surface area contributed by atoms with Gasteiger partial charge in [-0.15, -0.1) is 0 Å². The molecule has 3 aromatic rings. The molecule has 0 aliphatic heterocycles. The first-order chi connectivity index (χ1) is 13.5. The monoisotopic (exact) mass is 388 g/mol. The van der Waals surface area contributed by atoms with Crippen molar-refractivity contribution in [2.45, 2.75) is 0 Å². The fourth-order valence-corrected chi connectivity index (χ4v) is 3.04. The molecule has 1 aromatic heterocycles. The number of phenols is 1. The summed E-state index contributed by atoms with van der Waals surface area (Å²) in [5.74, 6) is 1.48. The van der Waals surface area contributed by atoms with Crippen LogP contribution in [0.4, 0.5) is 0 Å². The number of methoxy groups -OCH3 is 5. The molecule has 0 unspecified atom stereocenters. The van der Waals surface area contributed by atoms with Gasteiger partial charge in [0.2, 0.25) is 11.5 Å². The van der Waals surface area contributed by atoms with Crippen LogP contribution in [0.15, 0.2) is 33.5 Å². The molecule has 8 heteroatoms. The minimum absolute atomic E-state index is 0.0131. The van der Waals surface area contributed by atoms with E-state index in [1.54, 1.807) is 12.1 Å². The Kier molecular flexibility index (Phi) is 5.21. The number of benzene rings is 2. The number of phenolic OH excluding ortho intramolecular Hbond substituents is 1. The van der Waals surface area contributed by atoms with Crippen LogP contribution in [0.1, 0.15) is 0 Å². The van der Waals surface area contributed by atoms with E-state index in [2.05, 4.69) is 0 Å². The second kappa shape index (κ2) is 7.59. The van der Waals surface area contributed by atoms with Gasteiger partial charge in [0.05, 0.1) is 41.1 Å². The van der Waals surface area contributed by atoms with E-state index in [0.717, 1.165) is 0 Å². The molecule has 0 atom stereocenters. The summed E-state index contributed by atoms with van der Waals surface area (Å²) in [7, 11) is 7.29. The second-order valence-electron chi connectivity index (χ2n) is 5.69. The van der Waals surface area contributed by atoms with Gasteiger partial charge in [-0.1, -0.05) is 0 Å². The number of aromatic hydroxyl groups is 1. The van der Waals surface area contributed by atoms with Crippen LogP contribution in [0.3, 0.4) is 0 Å². The van der Waals surface area contributed by atoms with Gasteiger partial charge in [0.1, 0.15) is 16.9 Å². The van der Waals surface area contributed by atoms with Gasteiger partial charge < -0.3 is 33.2 Å². The van der Waals surface area contributed by atoms with Crippen molar-refractivity contribution in [2.24, 2.45) is 0 Å². The van der Waals surface area contributed by atoms with Crippen molar-refractivity contribution >= 4 is 11.0 Å². The van der Waals surface area contributed by atoms with E-state index in [9.17, 15) is 9.90 Å². The fraction of sp³-hybridized carbons (Fsp3) is 0.250. The lowest BCUT2D eigenvalue weighted by Crippen LogP contribution is -2.04. The van der Waals surface area contributed by atoms with E-state index in [0.29, 0.717) is 22.8 Å². The minimum Gasteiger partial charge on any atom is -0.507 e. The largest absolute Gasteiger partial charge is 0.507 e. The van der Waals surface area contributed by atoms with Crippen LogP contribution >= 0.6 is 0 Å². The Labute approximate surface area is 160 Å². The Balaban J connectivity index is 2.39. The molecule has 0 amide bonds. The molecule has 148 valence electrons. The van der Waals surface area contributed by atoms with E-state index in [1.165, 1.54) is 47.7 Å². The van der Waals surface area contributed by atoms with Gasteiger partial charge >= 0.3 is 0 Å². The van der Waals surface area contributed by atoms with Crippen LogP contribution in [-0.2, 0) is 0 Å². The molecule has 0 radical (unpaired) electrons. The number of fused-ring (bicyclic) bond motifs is 1. The summed E-state index contributed by atoms with van der Waals surface area (Å²) in [5, 5.41) is 10.2. The topological polar surface area (TPSA) is 96.6 Å². The van der Waals surface area contributed by atoms with Gasteiger partial charge in [-0.3, -0.25) is 4.79 Å². The van der Waals surface area contributed by atoms with E-state index in [1.807, 2.05) is 0 Å². The number of rotatable bonds is 6. The Morgan fingerprint density at radius 3 is 2.00 bits per heavy atom. The minimum atomic E-state index is -0.452. The lowest BCUT2D eigenvalue weighted by molar-refractivity contribution is 0.324. The van der Waals surface area contributed by atoms with Gasteiger partial charge in [0, 0.05) is 12.1 Å².